The molecule has 1 aromatic carbocycles. The SMILES string of the molecule is C=CCN1CCC2(CC1)OCCN2S(=O)(=O)c1ccc(C)cc1. The fourth-order valence-corrected chi connectivity index (χ4v) is 5.16. The van der Waals surface area contributed by atoms with Gasteiger partial charge in [0.1, 0.15) is 5.72 Å². The topological polar surface area (TPSA) is 49.9 Å². The lowest BCUT2D eigenvalue weighted by molar-refractivity contribution is -0.0891. The third-order valence-electron chi connectivity index (χ3n) is 4.75. The highest BCUT2D eigenvalue weighted by Crippen LogP contribution is 2.38. The quantitative estimate of drug-likeness (QED) is 0.789. The number of aryl methyl sites for hydroxylation is 1. The number of hydrogen-bond donors (Lipinski definition) is 0. The average Bonchev–Trinajstić information content (AvgIpc) is 2.95. The molecule has 2 aliphatic heterocycles. The second kappa shape index (κ2) is 6.36. The van der Waals surface area contributed by atoms with Crippen LogP contribution in [0.4, 0.5) is 0 Å². The van der Waals surface area contributed by atoms with Crippen molar-refractivity contribution < 1.29 is 13.2 Å². The Morgan fingerprint density at radius 1 is 1.22 bits per heavy atom. The van der Waals surface area contributed by atoms with Crippen LogP contribution < -0.4 is 0 Å². The molecular formula is C17H24N2O3S. The molecule has 0 bridgehead atoms. The smallest absolute Gasteiger partial charge is 0.245 e. The van der Waals surface area contributed by atoms with Crippen molar-refractivity contribution in [3.63, 3.8) is 0 Å². The first-order chi connectivity index (χ1) is 11.0. The number of likely N-dealkylation sites (tertiary alicyclic amines) is 1. The van der Waals surface area contributed by atoms with Gasteiger partial charge >= 0.3 is 0 Å². The molecule has 0 aromatic heterocycles. The van der Waals surface area contributed by atoms with Crippen LogP contribution in [0.1, 0.15) is 18.4 Å². The van der Waals surface area contributed by atoms with E-state index in [1.54, 1.807) is 16.4 Å². The Morgan fingerprint density at radius 2 is 1.87 bits per heavy atom. The highest BCUT2D eigenvalue weighted by atomic mass is 32.2. The van der Waals surface area contributed by atoms with Gasteiger partial charge in [-0.3, -0.25) is 4.90 Å². The zero-order valence-electron chi connectivity index (χ0n) is 13.6. The molecular weight excluding hydrogens is 312 g/mol. The van der Waals surface area contributed by atoms with Gasteiger partial charge in [-0.25, -0.2) is 8.42 Å². The van der Waals surface area contributed by atoms with E-state index in [2.05, 4.69) is 11.5 Å². The third-order valence-corrected chi connectivity index (χ3v) is 6.72. The lowest BCUT2D eigenvalue weighted by Crippen LogP contribution is -2.54. The van der Waals surface area contributed by atoms with Crippen molar-refractivity contribution >= 4 is 10.0 Å². The molecule has 1 aromatic rings. The van der Waals surface area contributed by atoms with Gasteiger partial charge in [-0.05, 0) is 19.1 Å². The van der Waals surface area contributed by atoms with Crippen LogP contribution in [-0.2, 0) is 14.8 Å². The second-order valence-electron chi connectivity index (χ2n) is 6.27. The van der Waals surface area contributed by atoms with Crippen LogP contribution in [0.5, 0.6) is 0 Å². The van der Waals surface area contributed by atoms with Crippen LogP contribution in [-0.4, -0.2) is 56.1 Å². The average molecular weight is 336 g/mol. The van der Waals surface area contributed by atoms with E-state index in [1.165, 1.54) is 0 Å². The number of hydrogen-bond acceptors (Lipinski definition) is 4. The van der Waals surface area contributed by atoms with Gasteiger partial charge in [0.2, 0.25) is 10.0 Å². The van der Waals surface area contributed by atoms with Crippen LogP contribution in [0.3, 0.4) is 0 Å². The van der Waals surface area contributed by atoms with Crippen LogP contribution >= 0.6 is 0 Å². The van der Waals surface area contributed by atoms with Crippen molar-refractivity contribution in [2.45, 2.75) is 30.4 Å². The number of sulfonamides is 1. The van der Waals surface area contributed by atoms with Crippen molar-refractivity contribution in [3.8, 4) is 0 Å². The molecule has 3 rings (SSSR count). The van der Waals surface area contributed by atoms with Gasteiger partial charge < -0.3 is 4.74 Å². The largest absolute Gasteiger partial charge is 0.358 e. The second-order valence-corrected chi connectivity index (χ2v) is 8.14. The summed E-state index contributed by atoms with van der Waals surface area (Å²) >= 11 is 0. The van der Waals surface area contributed by atoms with Gasteiger partial charge in [0.25, 0.3) is 0 Å². The number of piperidine rings is 1. The Hall–Kier alpha value is -1.21. The van der Waals surface area contributed by atoms with Crippen LogP contribution in [0.2, 0.25) is 0 Å². The lowest BCUT2D eigenvalue weighted by Gasteiger charge is -2.42. The molecule has 126 valence electrons. The summed E-state index contributed by atoms with van der Waals surface area (Å²) in [4.78, 5) is 2.62. The minimum Gasteiger partial charge on any atom is -0.358 e. The zero-order chi connectivity index (χ0) is 16.5. The summed E-state index contributed by atoms with van der Waals surface area (Å²) in [7, 11) is -3.52. The number of benzene rings is 1. The highest BCUT2D eigenvalue weighted by Gasteiger charge is 2.50. The first-order valence-corrected chi connectivity index (χ1v) is 9.49. The summed E-state index contributed by atoms with van der Waals surface area (Å²) in [6.45, 7) is 9.09. The zero-order valence-corrected chi connectivity index (χ0v) is 14.4. The normalized spacial score (nSPS) is 22.5. The minimum atomic E-state index is -3.52. The fourth-order valence-electron chi connectivity index (χ4n) is 3.43. The van der Waals surface area contributed by atoms with Crippen molar-refractivity contribution in [1.82, 2.24) is 9.21 Å². The molecule has 5 nitrogen and oxygen atoms in total. The molecule has 2 heterocycles. The molecule has 1 spiro atoms. The van der Waals surface area contributed by atoms with Crippen molar-refractivity contribution in [3.05, 3.63) is 42.5 Å². The molecule has 0 radical (unpaired) electrons. The molecule has 2 saturated heterocycles. The molecule has 0 saturated carbocycles. The molecule has 23 heavy (non-hydrogen) atoms. The summed E-state index contributed by atoms with van der Waals surface area (Å²) in [5.41, 5.74) is 0.371. The molecule has 0 N–H and O–H groups in total. The van der Waals surface area contributed by atoms with Crippen LogP contribution in [0, 0.1) is 6.92 Å². The Bertz CT molecular complexity index is 662. The van der Waals surface area contributed by atoms with Crippen LogP contribution in [0.15, 0.2) is 41.8 Å². The summed E-state index contributed by atoms with van der Waals surface area (Å²) in [5.74, 6) is 0. The summed E-state index contributed by atoms with van der Waals surface area (Å²) in [6, 6.07) is 7.04. The van der Waals surface area contributed by atoms with Crippen molar-refractivity contribution in [1.29, 1.82) is 0 Å². The first kappa shape index (κ1) is 16.6. The summed E-state index contributed by atoms with van der Waals surface area (Å²) in [5, 5.41) is 0. The predicted octanol–water partition coefficient (Wildman–Crippen LogP) is 1.99. The van der Waals surface area contributed by atoms with Crippen molar-refractivity contribution in [2.75, 3.05) is 32.8 Å². The fraction of sp³-hybridized carbons (Fsp3) is 0.529. The Kier molecular flexibility index (Phi) is 4.60. The minimum absolute atomic E-state index is 0.349. The maximum absolute atomic E-state index is 13.0. The number of ether oxygens (including phenoxy) is 1. The third kappa shape index (κ3) is 3.08. The monoisotopic (exact) mass is 336 g/mol. The van der Waals surface area contributed by atoms with E-state index in [1.807, 2.05) is 25.1 Å². The van der Waals surface area contributed by atoms with E-state index >= 15 is 0 Å². The van der Waals surface area contributed by atoms with Gasteiger partial charge in [-0.2, -0.15) is 4.31 Å². The maximum atomic E-state index is 13.0. The van der Waals surface area contributed by atoms with E-state index in [4.69, 9.17) is 4.74 Å². The molecule has 0 atom stereocenters. The molecule has 6 heteroatoms. The van der Waals surface area contributed by atoms with Crippen LogP contribution in [0.25, 0.3) is 0 Å². The Labute approximate surface area is 138 Å². The van der Waals surface area contributed by atoms with Gasteiger partial charge in [0, 0.05) is 39.0 Å². The van der Waals surface area contributed by atoms with E-state index in [0.29, 0.717) is 30.9 Å². The van der Waals surface area contributed by atoms with Gasteiger partial charge in [-0.15, -0.1) is 6.58 Å². The molecule has 2 fully saturated rings. The van der Waals surface area contributed by atoms with Crippen molar-refractivity contribution in [2.24, 2.45) is 0 Å². The molecule has 0 unspecified atom stereocenters. The molecule has 0 amide bonds. The van der Waals surface area contributed by atoms with Gasteiger partial charge in [-0.1, -0.05) is 23.8 Å². The highest BCUT2D eigenvalue weighted by molar-refractivity contribution is 7.89. The predicted molar refractivity (Wildman–Crippen MR) is 89.6 cm³/mol. The summed E-state index contributed by atoms with van der Waals surface area (Å²) in [6.07, 6.45) is 3.28. The lowest BCUT2D eigenvalue weighted by atomic mass is 10.0. The van der Waals surface area contributed by atoms with E-state index in [9.17, 15) is 8.42 Å². The summed E-state index contributed by atoms with van der Waals surface area (Å²) < 4.78 is 33.6. The van der Waals surface area contributed by atoms with E-state index in [-0.39, 0.29) is 0 Å². The van der Waals surface area contributed by atoms with Gasteiger partial charge in [0.05, 0.1) is 11.5 Å². The van der Waals surface area contributed by atoms with Gasteiger partial charge in [0.15, 0.2) is 0 Å². The number of rotatable bonds is 4. The molecule has 2 aliphatic rings. The van der Waals surface area contributed by atoms with E-state index in [0.717, 1.165) is 25.2 Å². The Balaban J connectivity index is 1.84. The standard InChI is InChI=1S/C17H24N2O3S/c1-3-10-18-11-8-17(9-12-18)19(13-14-22-17)23(20,21)16-6-4-15(2)5-7-16/h3-7H,1,8-14H2,2H3. The Morgan fingerprint density at radius 3 is 2.48 bits per heavy atom. The maximum Gasteiger partial charge on any atom is 0.245 e. The van der Waals surface area contributed by atoms with E-state index < -0.39 is 15.7 Å². The number of nitrogens with zero attached hydrogens (tertiary/aromatic N) is 2. The first-order valence-electron chi connectivity index (χ1n) is 8.05. The molecule has 0 aliphatic carbocycles.